The minimum absolute atomic E-state index is 0.0473. The summed E-state index contributed by atoms with van der Waals surface area (Å²) in [5, 5.41) is 93.5. The predicted molar refractivity (Wildman–Crippen MR) is 248 cm³/mol. The van der Waals surface area contributed by atoms with Crippen LogP contribution in [-0.4, -0.2) is 127 Å². The fourth-order valence-electron chi connectivity index (χ4n) is 14.1. The van der Waals surface area contributed by atoms with Gasteiger partial charge in [-0.1, -0.05) is 60.1 Å². The lowest BCUT2D eigenvalue weighted by Crippen LogP contribution is -2.65. The number of nitrogens with one attached hydrogen (secondary N) is 1. The SMILES string of the molecule is CN(CCO)/[N+]([O-])=N/Oc1cc(NCCC(=O)O[C@H]2CC[C@]3(C)[C@H]4CC=C5[C@@H]6CC(C)(C)CC[C@]6(C(=O)O[C@@H]6O[C@H](CO)[C@H](O)[C@H](O)[C@H]6O)CC[C@@]5(C)[C@]4(C)CC[C@H]3C2(C)C)c([N+](=O)[O-])cc1[N+](=O)[O-]. The zero-order valence-corrected chi connectivity index (χ0v) is 41.5. The van der Waals surface area contributed by atoms with Crippen molar-refractivity contribution in [1.29, 1.82) is 0 Å². The number of benzene rings is 1. The van der Waals surface area contributed by atoms with Crippen molar-refractivity contribution in [2.75, 3.05) is 38.7 Å². The Balaban J connectivity index is 1.05. The van der Waals surface area contributed by atoms with Gasteiger partial charge in [-0.25, -0.2) is 0 Å². The summed E-state index contributed by atoms with van der Waals surface area (Å²) in [5.74, 6) is -1.28. The fraction of sp³-hybridized carbons (Fsp3) is 0.792. The zero-order chi connectivity index (χ0) is 51.5. The maximum Gasteiger partial charge on any atom is 0.321 e. The molecule has 7 rings (SSSR count). The number of nitro benzene ring substituents is 2. The molecule has 5 aliphatic carbocycles. The molecule has 22 heteroatoms. The summed E-state index contributed by atoms with van der Waals surface area (Å²) < 4.78 is 17.9. The van der Waals surface area contributed by atoms with Crippen molar-refractivity contribution in [3.63, 3.8) is 0 Å². The van der Waals surface area contributed by atoms with Crippen LogP contribution in [0, 0.1) is 75.7 Å². The highest BCUT2D eigenvalue weighted by molar-refractivity contribution is 5.79. The Morgan fingerprint density at radius 1 is 0.871 bits per heavy atom. The van der Waals surface area contributed by atoms with Gasteiger partial charge in [-0.15, -0.1) is 5.01 Å². The van der Waals surface area contributed by atoms with Crippen LogP contribution in [0.25, 0.3) is 0 Å². The first-order valence-corrected chi connectivity index (χ1v) is 24.5. The number of likely N-dealkylation sites (N-methyl/N-ethyl adjacent to an activating group) is 1. The Hall–Kier alpha value is -4.74. The highest BCUT2D eigenvalue weighted by Crippen LogP contribution is 2.76. The average molecular weight is 989 g/mol. The number of rotatable bonds is 15. The van der Waals surface area contributed by atoms with Gasteiger partial charge in [-0.2, -0.15) is 0 Å². The van der Waals surface area contributed by atoms with Crippen LogP contribution in [0.5, 0.6) is 5.75 Å². The Bertz CT molecular complexity index is 2260. The summed E-state index contributed by atoms with van der Waals surface area (Å²) in [6.45, 7) is 14.7. The number of ether oxygens (including phenoxy) is 3. The Morgan fingerprint density at radius 2 is 1.56 bits per heavy atom. The number of esters is 2. The molecule has 390 valence electrons. The van der Waals surface area contributed by atoms with Crippen molar-refractivity contribution in [2.24, 2.45) is 55.5 Å². The molecule has 6 aliphatic rings. The number of aliphatic hydroxyl groups is 5. The summed E-state index contributed by atoms with van der Waals surface area (Å²) in [5.41, 5.74) is -2.35. The van der Waals surface area contributed by atoms with Gasteiger partial charge in [0.25, 0.3) is 5.69 Å². The molecule has 22 nitrogen and oxygen atoms in total. The zero-order valence-electron chi connectivity index (χ0n) is 41.5. The lowest BCUT2D eigenvalue weighted by Gasteiger charge is -2.71. The quantitative estimate of drug-likeness (QED) is 0.0317. The van der Waals surface area contributed by atoms with Gasteiger partial charge >= 0.3 is 17.6 Å². The molecule has 1 aromatic carbocycles. The van der Waals surface area contributed by atoms with E-state index in [1.54, 1.807) is 0 Å². The maximum absolute atomic E-state index is 14.6. The molecule has 6 N–H and O–H groups in total. The van der Waals surface area contributed by atoms with Crippen molar-refractivity contribution >= 4 is 29.0 Å². The average Bonchev–Trinajstić information content (AvgIpc) is 3.29. The first-order chi connectivity index (χ1) is 32.7. The van der Waals surface area contributed by atoms with Crippen LogP contribution >= 0.6 is 0 Å². The molecule has 0 spiro atoms. The van der Waals surface area contributed by atoms with E-state index in [2.05, 4.69) is 65.1 Å². The number of hydrogen-bond acceptors (Lipinski definition) is 18. The second kappa shape index (κ2) is 19.4. The minimum atomic E-state index is -1.69. The van der Waals surface area contributed by atoms with Crippen molar-refractivity contribution in [2.45, 2.75) is 156 Å². The van der Waals surface area contributed by atoms with Crippen LogP contribution < -0.4 is 10.2 Å². The lowest BCUT2D eigenvalue weighted by molar-refractivity contribution is -0.701. The van der Waals surface area contributed by atoms with E-state index in [1.165, 1.54) is 12.6 Å². The molecule has 1 aliphatic heterocycles. The summed E-state index contributed by atoms with van der Waals surface area (Å²) in [6.07, 6.45) is 1.56. The molecule has 13 atom stereocenters. The number of nitrogens with zero attached hydrogens (tertiary/aromatic N) is 5. The number of allylic oxidation sites excluding steroid dienone is 2. The molecular weight excluding hydrogens is 917 g/mol. The topological polar surface area (TPSA) is 312 Å². The second-order valence-corrected chi connectivity index (χ2v) is 22.9. The third-order valence-electron chi connectivity index (χ3n) is 18.4. The molecule has 0 bridgehead atoms. The van der Waals surface area contributed by atoms with E-state index < -0.39 is 93.2 Å². The molecule has 1 aromatic rings. The highest BCUT2D eigenvalue weighted by atomic mass is 16.7. The molecule has 1 heterocycles. The first-order valence-electron chi connectivity index (χ1n) is 24.5. The van der Waals surface area contributed by atoms with E-state index in [1.807, 2.05) is 0 Å². The lowest BCUT2D eigenvalue weighted by atomic mass is 9.33. The summed E-state index contributed by atoms with van der Waals surface area (Å²) >= 11 is 0. The number of hydrazine groups is 1. The molecule has 0 aromatic heterocycles. The number of aliphatic hydroxyl groups excluding tert-OH is 5. The Labute approximate surface area is 407 Å². The van der Waals surface area contributed by atoms with Gasteiger partial charge in [-0.3, -0.25) is 34.7 Å². The van der Waals surface area contributed by atoms with Crippen molar-refractivity contribution in [3.8, 4) is 5.75 Å². The molecular formula is C48H72N6O16. The molecule has 0 unspecified atom stereocenters. The van der Waals surface area contributed by atoms with E-state index >= 15 is 0 Å². The summed E-state index contributed by atoms with van der Waals surface area (Å²) in [6, 6.07) is 1.63. The molecule has 4 saturated carbocycles. The number of anilines is 1. The molecule has 70 heavy (non-hydrogen) atoms. The van der Waals surface area contributed by atoms with Crippen LogP contribution in [0.3, 0.4) is 0 Å². The smallest absolute Gasteiger partial charge is 0.321 e. The number of carbonyl (C=O) groups excluding carboxylic acids is 2. The fourth-order valence-corrected chi connectivity index (χ4v) is 14.1. The van der Waals surface area contributed by atoms with Crippen LogP contribution in [0.1, 0.15) is 119 Å². The number of nitro groups is 2. The first kappa shape index (κ1) is 53.1. The largest absolute Gasteiger partial charge is 0.569 e. The molecule has 5 fully saturated rings. The van der Waals surface area contributed by atoms with Crippen molar-refractivity contribution in [1.82, 2.24) is 5.01 Å². The summed E-state index contributed by atoms with van der Waals surface area (Å²) in [7, 11) is 1.29. The van der Waals surface area contributed by atoms with Gasteiger partial charge in [0, 0.05) is 18.0 Å². The van der Waals surface area contributed by atoms with Gasteiger partial charge in [0.2, 0.25) is 17.3 Å². The van der Waals surface area contributed by atoms with Crippen LogP contribution in [-0.2, 0) is 23.8 Å². The van der Waals surface area contributed by atoms with E-state index in [0.29, 0.717) is 25.3 Å². The normalized spacial score (nSPS) is 37.5. The second-order valence-electron chi connectivity index (χ2n) is 22.9. The maximum atomic E-state index is 14.6. The summed E-state index contributed by atoms with van der Waals surface area (Å²) in [4.78, 5) is 55.2. The van der Waals surface area contributed by atoms with Gasteiger partial charge < -0.3 is 50.3 Å². The molecule has 0 radical (unpaired) electrons. The van der Waals surface area contributed by atoms with Crippen molar-refractivity contribution < 1.29 is 69.0 Å². The Kier molecular flexibility index (Phi) is 14.7. The van der Waals surface area contributed by atoms with E-state index in [0.717, 1.165) is 56.0 Å². The van der Waals surface area contributed by atoms with Crippen LogP contribution in [0.2, 0.25) is 0 Å². The standard InChI is InChI=1S/C48H72N6O16/c1-43(2)16-18-48(42(61)69-41-40(60)39(59)38(58)33(26-56)67-41)19-17-46(6)27(28(48)25-43)9-10-35-45(5)14-12-36(44(3,4)34(45)11-15-47(35,46)7)68-37(57)13-20-49-29-23-32(70-50-54(66)51(8)21-22-55)31(53(64)65)24-30(29)52(62)63/h9,23-24,28,33-36,38-41,49,55-56,58-60H,10-22,25-26H2,1-8H3/b54-50-/t28-,33+,34-,35+,36-,38-,39-,40+,41-,45-,46+,47+,48-/m0/s1. The predicted octanol–water partition coefficient (Wildman–Crippen LogP) is 5.46. The minimum Gasteiger partial charge on any atom is -0.569 e. The van der Waals surface area contributed by atoms with Crippen LogP contribution in [0.4, 0.5) is 17.1 Å². The number of carbonyl (C=O) groups is 2. The van der Waals surface area contributed by atoms with Crippen molar-refractivity contribution in [3.05, 3.63) is 49.2 Å². The van der Waals surface area contributed by atoms with Crippen LogP contribution in [0.15, 0.2) is 29.1 Å². The van der Waals surface area contributed by atoms with Gasteiger partial charge in [0.15, 0.2) is 0 Å². The Morgan fingerprint density at radius 3 is 2.21 bits per heavy atom. The third kappa shape index (κ3) is 9.09. The monoisotopic (exact) mass is 989 g/mol. The van der Waals surface area contributed by atoms with Gasteiger partial charge in [0.05, 0.1) is 53.5 Å². The molecule has 0 amide bonds. The third-order valence-corrected chi connectivity index (χ3v) is 18.4. The molecule has 1 saturated heterocycles. The van der Waals surface area contributed by atoms with E-state index in [-0.39, 0.29) is 76.2 Å². The van der Waals surface area contributed by atoms with E-state index in [4.69, 9.17) is 24.2 Å². The van der Waals surface area contributed by atoms with E-state index in [9.17, 15) is 55.5 Å². The van der Waals surface area contributed by atoms with Gasteiger partial charge in [-0.05, 0) is 104 Å². The number of fused-ring (bicyclic) bond motifs is 7. The highest BCUT2D eigenvalue weighted by Gasteiger charge is 2.70. The number of hydrogen-bond donors (Lipinski definition) is 6. The van der Waals surface area contributed by atoms with Gasteiger partial charge in [0.1, 0.15) is 42.3 Å².